The Morgan fingerprint density at radius 1 is 1.50 bits per heavy atom. The first-order valence-corrected chi connectivity index (χ1v) is 9.25. The quantitative estimate of drug-likeness (QED) is 0.542. The van der Waals surface area contributed by atoms with E-state index in [1.807, 2.05) is 19.6 Å². The maximum atomic E-state index is 11.0. The average molecular weight is 205 g/mol. The lowest BCUT2D eigenvalue weighted by atomic mass is 10.5. The molecule has 0 aromatic carbocycles. The maximum absolute atomic E-state index is 11.0. The molecule has 0 aliphatic rings. The Kier molecular flexibility index (Phi) is 5.23. The van der Waals surface area contributed by atoms with E-state index in [0.29, 0.717) is 0 Å². The summed E-state index contributed by atoms with van der Waals surface area (Å²) in [5.41, 5.74) is 0. The van der Waals surface area contributed by atoms with Crippen LogP contribution < -0.4 is 5.32 Å². The molecular weight excluding hydrogens is 186 g/mol. The van der Waals surface area contributed by atoms with E-state index >= 15 is 0 Å². The summed E-state index contributed by atoms with van der Waals surface area (Å²) in [5.74, 6) is 0. The van der Waals surface area contributed by atoms with Crippen molar-refractivity contribution in [1.82, 2.24) is 5.32 Å². The Morgan fingerprint density at radius 2 is 2.08 bits per heavy atom. The van der Waals surface area contributed by atoms with Crippen molar-refractivity contribution in [2.45, 2.75) is 32.1 Å². The van der Waals surface area contributed by atoms with E-state index in [1.54, 1.807) is 0 Å². The molecule has 0 atom stereocenters. The molecule has 0 heterocycles. The molecule has 1 amide bonds. The van der Waals surface area contributed by atoms with Crippen LogP contribution in [-0.2, 0) is 4.43 Å². The second kappa shape index (κ2) is 5.37. The van der Waals surface area contributed by atoms with E-state index in [4.69, 9.17) is 4.43 Å². The molecule has 5 heteroatoms. The summed E-state index contributed by atoms with van der Waals surface area (Å²) in [7, 11) is -0.476. The minimum absolute atomic E-state index is 0.246. The summed E-state index contributed by atoms with van der Waals surface area (Å²) < 4.78 is 5.18. The molecule has 0 fully saturated rings. The first-order valence-electron chi connectivity index (χ1n) is 4.42. The fourth-order valence-electron chi connectivity index (χ4n) is 0.681. The van der Waals surface area contributed by atoms with Crippen LogP contribution in [0.25, 0.3) is 0 Å². The van der Waals surface area contributed by atoms with Gasteiger partial charge in [0, 0.05) is 16.8 Å². The third-order valence-electron chi connectivity index (χ3n) is 1.20. The Labute approximate surface area is 78.4 Å². The molecule has 0 aliphatic carbocycles. The third-order valence-corrected chi connectivity index (χ3v) is 2.70. The van der Waals surface area contributed by atoms with Crippen molar-refractivity contribution in [3.63, 3.8) is 0 Å². The summed E-state index contributed by atoms with van der Waals surface area (Å²) >= 11 is 0. The Morgan fingerprint density at radius 3 is 2.50 bits per heavy atom. The van der Waals surface area contributed by atoms with Crippen molar-refractivity contribution in [1.29, 1.82) is 0 Å². The van der Waals surface area contributed by atoms with Crippen LogP contribution in [-0.4, -0.2) is 31.2 Å². The lowest BCUT2D eigenvalue weighted by Gasteiger charge is -2.17. The number of carbonyl (C=O) groups excluding carboxylic acids is 1. The average Bonchev–Trinajstić information content (AvgIpc) is 1.84. The van der Waals surface area contributed by atoms with Crippen molar-refractivity contribution in [3.8, 4) is 0 Å². The molecule has 0 radical (unpaired) electrons. The molecule has 72 valence electrons. The smallest absolute Gasteiger partial charge is 0.393 e. The normalized spacial score (nSPS) is 11.2. The van der Waals surface area contributed by atoms with Crippen molar-refractivity contribution < 1.29 is 9.22 Å². The highest BCUT2D eigenvalue weighted by Crippen LogP contribution is 2.02. The number of hydrogen-bond donors (Lipinski definition) is 1. The standard InChI is InChI=1S/C7H19NO2Si2/c1-12(2,3)10-7(9)8-5-4-6-11/h4-6H2,1-3,11H3,(H,8,9). The van der Waals surface area contributed by atoms with Gasteiger partial charge in [-0.3, -0.25) is 0 Å². The van der Waals surface area contributed by atoms with Crippen LogP contribution in [0, 0.1) is 0 Å². The van der Waals surface area contributed by atoms with Gasteiger partial charge in [-0.2, -0.15) is 0 Å². The van der Waals surface area contributed by atoms with Crippen molar-refractivity contribution >= 4 is 24.7 Å². The van der Waals surface area contributed by atoms with Crippen molar-refractivity contribution in [2.75, 3.05) is 6.54 Å². The first-order chi connectivity index (χ1) is 5.45. The zero-order chi connectivity index (χ0) is 9.61. The van der Waals surface area contributed by atoms with Gasteiger partial charge in [0.2, 0.25) is 8.32 Å². The highest BCUT2D eigenvalue weighted by Gasteiger charge is 2.19. The molecule has 0 unspecified atom stereocenters. The van der Waals surface area contributed by atoms with Crippen LogP contribution in [0.15, 0.2) is 0 Å². The van der Waals surface area contributed by atoms with Crippen LogP contribution >= 0.6 is 0 Å². The third kappa shape index (κ3) is 7.81. The summed E-state index contributed by atoms with van der Waals surface area (Å²) in [6, 6.07) is 1.23. The Bertz CT molecular complexity index is 145. The summed E-state index contributed by atoms with van der Waals surface area (Å²) in [6.45, 7) is 6.75. The van der Waals surface area contributed by atoms with Gasteiger partial charge in [0.25, 0.3) is 0 Å². The summed E-state index contributed by atoms with van der Waals surface area (Å²) in [4.78, 5) is 11.0. The van der Waals surface area contributed by atoms with Crippen LogP contribution in [0.4, 0.5) is 4.79 Å². The SMILES string of the molecule is C[Si](C)(C)OC(=O)NCCC[SiH3]. The molecule has 12 heavy (non-hydrogen) atoms. The number of carbonyl (C=O) groups is 1. The van der Waals surface area contributed by atoms with E-state index in [-0.39, 0.29) is 6.09 Å². The molecule has 0 saturated carbocycles. The maximum Gasteiger partial charge on any atom is 0.393 e. The molecule has 0 aromatic rings. The van der Waals surface area contributed by atoms with Crippen molar-refractivity contribution in [3.05, 3.63) is 0 Å². The second-order valence-corrected chi connectivity index (χ2v) is 9.21. The summed E-state index contributed by atoms with van der Waals surface area (Å²) in [6.07, 6.45) is 0.830. The number of hydrogen-bond acceptors (Lipinski definition) is 2. The van der Waals surface area contributed by atoms with E-state index in [2.05, 4.69) is 5.32 Å². The van der Waals surface area contributed by atoms with Crippen LogP contribution in [0.3, 0.4) is 0 Å². The van der Waals surface area contributed by atoms with Gasteiger partial charge < -0.3 is 9.74 Å². The van der Waals surface area contributed by atoms with Crippen LogP contribution in [0.2, 0.25) is 25.7 Å². The number of nitrogens with one attached hydrogen (secondary N) is 1. The molecule has 1 N–H and O–H groups in total. The number of amides is 1. The van der Waals surface area contributed by atoms with E-state index in [1.165, 1.54) is 16.3 Å². The second-order valence-electron chi connectivity index (χ2n) is 3.78. The topological polar surface area (TPSA) is 38.3 Å². The van der Waals surface area contributed by atoms with Crippen molar-refractivity contribution in [2.24, 2.45) is 0 Å². The number of rotatable bonds is 4. The highest BCUT2D eigenvalue weighted by molar-refractivity contribution is 6.71. The predicted molar refractivity (Wildman–Crippen MR) is 57.2 cm³/mol. The summed E-state index contributed by atoms with van der Waals surface area (Å²) in [5, 5.41) is 2.74. The van der Waals surface area contributed by atoms with Gasteiger partial charge in [-0.05, 0) is 26.1 Å². The molecule has 0 bridgehead atoms. The van der Waals surface area contributed by atoms with E-state index in [9.17, 15) is 4.79 Å². The fourth-order valence-corrected chi connectivity index (χ4v) is 1.66. The molecule has 0 spiro atoms. The van der Waals surface area contributed by atoms with Gasteiger partial charge in [-0.1, -0.05) is 6.04 Å². The van der Waals surface area contributed by atoms with Gasteiger partial charge in [-0.25, -0.2) is 4.79 Å². The minimum atomic E-state index is -1.68. The van der Waals surface area contributed by atoms with E-state index in [0.717, 1.165) is 13.0 Å². The zero-order valence-electron chi connectivity index (χ0n) is 8.44. The van der Waals surface area contributed by atoms with Gasteiger partial charge >= 0.3 is 6.09 Å². The first kappa shape index (κ1) is 11.7. The molecule has 3 nitrogen and oxygen atoms in total. The molecule has 0 aliphatic heterocycles. The highest BCUT2D eigenvalue weighted by atomic mass is 28.4. The van der Waals surface area contributed by atoms with Gasteiger partial charge in [0.15, 0.2) is 0 Å². The van der Waals surface area contributed by atoms with E-state index < -0.39 is 8.32 Å². The van der Waals surface area contributed by atoms with Gasteiger partial charge in [-0.15, -0.1) is 0 Å². The Balaban J connectivity index is 3.47. The minimum Gasteiger partial charge on any atom is -0.504 e. The molecule has 0 aromatic heterocycles. The molecule has 0 rings (SSSR count). The predicted octanol–water partition coefficient (Wildman–Crippen LogP) is 0.721. The molecule has 0 saturated heterocycles. The van der Waals surface area contributed by atoms with Crippen LogP contribution in [0.5, 0.6) is 0 Å². The Hall–Kier alpha value is -0.296. The molecular formula is C7H19NO2Si2. The van der Waals surface area contributed by atoms with Crippen LogP contribution in [0.1, 0.15) is 6.42 Å². The lowest BCUT2D eigenvalue weighted by molar-refractivity contribution is 0.199. The van der Waals surface area contributed by atoms with Gasteiger partial charge in [0.05, 0.1) is 0 Å². The largest absolute Gasteiger partial charge is 0.504 e. The zero-order valence-corrected chi connectivity index (χ0v) is 11.4. The fraction of sp³-hybridized carbons (Fsp3) is 0.857. The monoisotopic (exact) mass is 205 g/mol. The lowest BCUT2D eigenvalue weighted by Crippen LogP contribution is -2.36. The van der Waals surface area contributed by atoms with Gasteiger partial charge in [0.1, 0.15) is 0 Å².